The molecule has 0 saturated heterocycles. The summed E-state index contributed by atoms with van der Waals surface area (Å²) in [6, 6.07) is 0. The van der Waals surface area contributed by atoms with E-state index in [-0.39, 0.29) is 39.4 Å². The maximum atomic E-state index is 11.4. The lowest BCUT2D eigenvalue weighted by atomic mass is 9.89. The van der Waals surface area contributed by atoms with Crippen LogP contribution in [0.4, 0.5) is 0 Å². The first-order chi connectivity index (χ1) is 17.7. The second-order valence-electron chi connectivity index (χ2n) is 19.6. The number of esters is 1. The molecule has 0 aliphatic carbocycles. The lowest BCUT2D eigenvalue weighted by Gasteiger charge is -2.26. The molecular formula is C37H76N2O3. The highest BCUT2D eigenvalue weighted by molar-refractivity contribution is 5.81. The molecule has 5 nitrogen and oxygen atoms in total. The van der Waals surface area contributed by atoms with E-state index in [1.165, 1.54) is 0 Å². The molecule has 0 heterocycles. The van der Waals surface area contributed by atoms with Crippen molar-refractivity contribution in [1.82, 2.24) is 5.32 Å². The maximum absolute atomic E-state index is 11.4. The number of nitrogens with zero attached hydrogens (tertiary/aromatic N) is 1. The number of nitrogens with one attached hydrogen (secondary N) is 1. The van der Waals surface area contributed by atoms with E-state index in [9.17, 15) is 9.59 Å². The zero-order chi connectivity index (χ0) is 35.4. The zero-order valence-electron chi connectivity index (χ0n) is 32.9. The molecule has 0 saturated carbocycles. The Bertz CT molecular complexity index is 719. The normalized spacial score (nSPS) is 13.7. The Labute approximate surface area is 264 Å². The second kappa shape index (κ2) is 17.0. The summed E-state index contributed by atoms with van der Waals surface area (Å²) < 4.78 is 5.16. The van der Waals surface area contributed by atoms with Gasteiger partial charge in [0.2, 0.25) is 5.91 Å². The van der Waals surface area contributed by atoms with Crippen LogP contribution in [0.1, 0.15) is 166 Å². The van der Waals surface area contributed by atoms with Crippen LogP contribution in [-0.4, -0.2) is 34.8 Å². The lowest BCUT2D eigenvalue weighted by molar-refractivity contribution is -0.164. The number of hydrogen-bond acceptors (Lipinski definition) is 4. The van der Waals surface area contributed by atoms with E-state index in [4.69, 9.17) is 4.74 Å². The van der Waals surface area contributed by atoms with Crippen LogP contribution in [0.2, 0.25) is 0 Å². The summed E-state index contributed by atoms with van der Waals surface area (Å²) >= 11 is 0. The highest BCUT2D eigenvalue weighted by Crippen LogP contribution is 2.22. The third kappa shape index (κ3) is 45.3. The van der Waals surface area contributed by atoms with Crippen LogP contribution in [0, 0.1) is 27.1 Å². The highest BCUT2D eigenvalue weighted by atomic mass is 16.6. The summed E-state index contributed by atoms with van der Waals surface area (Å²) in [6.07, 6.45) is 6.56. The van der Waals surface area contributed by atoms with Crippen LogP contribution in [0.5, 0.6) is 0 Å². The van der Waals surface area contributed by atoms with Gasteiger partial charge >= 0.3 is 5.97 Å². The van der Waals surface area contributed by atoms with Crippen molar-refractivity contribution in [3.05, 3.63) is 12.2 Å². The van der Waals surface area contributed by atoms with Gasteiger partial charge in [-0.25, -0.2) is 0 Å². The van der Waals surface area contributed by atoms with Crippen LogP contribution >= 0.6 is 0 Å². The Kier molecular flexibility index (Phi) is 19.1. The van der Waals surface area contributed by atoms with E-state index < -0.39 is 5.41 Å². The van der Waals surface area contributed by atoms with Gasteiger partial charge < -0.3 is 10.1 Å². The summed E-state index contributed by atoms with van der Waals surface area (Å²) in [5.74, 6) is -0.0463. The van der Waals surface area contributed by atoms with Crippen molar-refractivity contribution in [1.29, 1.82) is 0 Å². The summed E-state index contributed by atoms with van der Waals surface area (Å²) in [5.41, 5.74) is -0.226. The summed E-state index contributed by atoms with van der Waals surface area (Å²) in [7, 11) is 0. The van der Waals surface area contributed by atoms with E-state index in [2.05, 4.69) is 106 Å². The van der Waals surface area contributed by atoms with Gasteiger partial charge in [-0.3, -0.25) is 14.6 Å². The highest BCUT2D eigenvalue weighted by Gasteiger charge is 2.27. The Balaban J connectivity index is -0.000000229. The zero-order valence-corrected chi connectivity index (χ0v) is 32.9. The van der Waals surface area contributed by atoms with E-state index in [1.807, 2.05) is 89.3 Å². The molecule has 252 valence electrons. The Morgan fingerprint density at radius 1 is 0.524 bits per heavy atom. The van der Waals surface area contributed by atoms with Gasteiger partial charge in [-0.15, -0.1) is 0 Å². The average molecular weight is 597 g/mol. The average Bonchev–Trinajstić information content (AvgIpc) is 2.60. The molecule has 0 bridgehead atoms. The largest absolute Gasteiger partial charge is 0.460 e. The van der Waals surface area contributed by atoms with Crippen molar-refractivity contribution in [3.63, 3.8) is 0 Å². The maximum Gasteiger partial charge on any atom is 0.311 e. The van der Waals surface area contributed by atoms with Gasteiger partial charge in [0.1, 0.15) is 5.60 Å². The molecule has 1 amide bonds. The molecule has 5 heteroatoms. The molecule has 0 radical (unpaired) electrons. The minimum atomic E-state index is -0.396. The number of amides is 1. The first-order valence-electron chi connectivity index (χ1n) is 15.5. The van der Waals surface area contributed by atoms with E-state index in [0.717, 1.165) is 0 Å². The van der Waals surface area contributed by atoms with Crippen molar-refractivity contribution in [3.8, 4) is 0 Å². The summed E-state index contributed by atoms with van der Waals surface area (Å²) in [4.78, 5) is 27.0. The van der Waals surface area contributed by atoms with Crippen LogP contribution in [0.15, 0.2) is 17.1 Å². The lowest BCUT2D eigenvalue weighted by Crippen LogP contribution is -2.46. The molecule has 0 unspecified atom stereocenters. The number of hydrogen-bond donors (Lipinski definition) is 1. The molecule has 0 aliphatic rings. The Hall–Kier alpha value is -1.65. The van der Waals surface area contributed by atoms with Gasteiger partial charge in [-0.05, 0) is 99.3 Å². The smallest absolute Gasteiger partial charge is 0.311 e. The third-order valence-corrected chi connectivity index (χ3v) is 4.10. The number of aliphatic imine (C=N–C) groups is 1. The molecule has 0 fully saturated rings. The number of allylic oxidation sites excluding steroid dienone is 2. The third-order valence-electron chi connectivity index (χ3n) is 4.10. The number of rotatable bonds is 0. The van der Waals surface area contributed by atoms with Crippen molar-refractivity contribution in [2.24, 2.45) is 32.1 Å². The van der Waals surface area contributed by atoms with E-state index in [0.29, 0.717) is 10.8 Å². The van der Waals surface area contributed by atoms with Crippen LogP contribution in [0.25, 0.3) is 0 Å². The van der Waals surface area contributed by atoms with Crippen molar-refractivity contribution in [2.45, 2.75) is 183 Å². The number of carbonyl (C=O) groups is 2. The van der Waals surface area contributed by atoms with Gasteiger partial charge in [-0.1, -0.05) is 95.2 Å². The fourth-order valence-electron chi connectivity index (χ4n) is 1.85. The molecule has 0 aliphatic heterocycles. The van der Waals surface area contributed by atoms with Gasteiger partial charge in [0.15, 0.2) is 0 Å². The molecule has 0 rings (SSSR count). The topological polar surface area (TPSA) is 67.8 Å². The molecule has 0 aromatic heterocycles. The fourth-order valence-corrected chi connectivity index (χ4v) is 1.85. The minimum Gasteiger partial charge on any atom is -0.460 e. The van der Waals surface area contributed by atoms with Gasteiger partial charge in [-0.2, -0.15) is 0 Å². The quantitative estimate of drug-likeness (QED) is 0.172. The first kappa shape index (κ1) is 47.3. The Morgan fingerprint density at radius 3 is 0.952 bits per heavy atom. The monoisotopic (exact) mass is 597 g/mol. The molecule has 0 spiro atoms. The standard InChI is InChI=1S/C10H20.C9H19NO.C9H19N.C9H18O2/c1-9(2,3)7-8-10(4,5)6;1-8(2,3)7(11)10-9(4,5)6;1-8(2,3)7-10-9(4,5)6;1-8(2,3)7(10)11-9(4,5)6/h7-8H,1-6H3;1-6H3,(H,10,11);7H,1-6H3;1-6H3/b8-7+;;;. The van der Waals surface area contributed by atoms with Gasteiger partial charge in [0.25, 0.3) is 0 Å². The molecular weight excluding hydrogens is 520 g/mol. The summed E-state index contributed by atoms with van der Waals surface area (Å²) in [5, 5.41) is 2.92. The van der Waals surface area contributed by atoms with Gasteiger partial charge in [0.05, 0.1) is 11.0 Å². The van der Waals surface area contributed by atoms with Gasteiger partial charge in [0, 0.05) is 17.2 Å². The van der Waals surface area contributed by atoms with E-state index in [1.54, 1.807) is 0 Å². The van der Waals surface area contributed by atoms with Crippen LogP contribution in [0.3, 0.4) is 0 Å². The molecule has 1 N–H and O–H groups in total. The van der Waals surface area contributed by atoms with Crippen molar-refractivity contribution in [2.75, 3.05) is 0 Å². The molecule has 42 heavy (non-hydrogen) atoms. The predicted molar refractivity (Wildman–Crippen MR) is 188 cm³/mol. The van der Waals surface area contributed by atoms with E-state index >= 15 is 0 Å². The second-order valence-corrected chi connectivity index (χ2v) is 19.6. The molecule has 0 atom stereocenters. The first-order valence-corrected chi connectivity index (χ1v) is 15.5. The predicted octanol–water partition coefficient (Wildman–Crippen LogP) is 10.9. The number of carbonyl (C=O) groups excluding carboxylic acids is 2. The SMILES string of the molecule is CC(C)(C)/C=C/C(C)(C)C.CC(C)(C)C=NC(C)(C)C.CC(C)(C)NC(=O)C(C)(C)C.CC(C)(C)OC(=O)C(C)(C)C. The Morgan fingerprint density at radius 2 is 0.857 bits per heavy atom. The van der Waals surface area contributed by atoms with Crippen molar-refractivity contribution >= 4 is 18.1 Å². The van der Waals surface area contributed by atoms with Crippen LogP contribution in [-0.2, 0) is 14.3 Å². The fraction of sp³-hybridized carbons (Fsp3) is 0.865. The van der Waals surface area contributed by atoms with Crippen molar-refractivity contribution < 1.29 is 14.3 Å². The molecule has 0 aromatic carbocycles. The minimum absolute atomic E-state index is 0.0767. The molecule has 0 aromatic rings. The summed E-state index contributed by atoms with van der Waals surface area (Å²) in [6.45, 7) is 48.9. The van der Waals surface area contributed by atoms with Crippen LogP contribution < -0.4 is 5.32 Å². The number of ether oxygens (including phenoxy) is 1.